The van der Waals surface area contributed by atoms with Crippen molar-refractivity contribution in [2.24, 2.45) is 0 Å². The maximum absolute atomic E-state index is 12.1. The second kappa shape index (κ2) is 8.15. The highest BCUT2D eigenvalue weighted by atomic mass is 16.5. The van der Waals surface area contributed by atoms with Gasteiger partial charge >= 0.3 is 0 Å². The van der Waals surface area contributed by atoms with Crippen LogP contribution in [0, 0.1) is 0 Å². The van der Waals surface area contributed by atoms with Crippen molar-refractivity contribution in [3.8, 4) is 17.2 Å². The van der Waals surface area contributed by atoms with Crippen molar-refractivity contribution in [3.63, 3.8) is 0 Å². The fourth-order valence-electron chi connectivity index (χ4n) is 2.55. The fraction of sp³-hybridized carbons (Fsp3) is 0.200. The van der Waals surface area contributed by atoms with Crippen molar-refractivity contribution in [1.82, 2.24) is 10.3 Å². The van der Waals surface area contributed by atoms with Crippen LogP contribution in [0.25, 0.3) is 11.5 Å². The quantitative estimate of drug-likeness (QED) is 0.719. The van der Waals surface area contributed by atoms with Crippen LogP contribution in [0.3, 0.4) is 0 Å². The number of amides is 1. The van der Waals surface area contributed by atoms with E-state index in [1.54, 1.807) is 13.4 Å². The van der Waals surface area contributed by atoms with Crippen LogP contribution in [-0.2, 0) is 17.6 Å². The van der Waals surface area contributed by atoms with Gasteiger partial charge in [0.05, 0.1) is 19.2 Å². The van der Waals surface area contributed by atoms with Crippen LogP contribution in [0.4, 0.5) is 0 Å². The van der Waals surface area contributed by atoms with E-state index >= 15 is 0 Å². The van der Waals surface area contributed by atoms with Crippen LogP contribution in [0.5, 0.6) is 5.75 Å². The van der Waals surface area contributed by atoms with Crippen molar-refractivity contribution in [3.05, 3.63) is 72.1 Å². The zero-order chi connectivity index (χ0) is 17.5. The van der Waals surface area contributed by atoms with Gasteiger partial charge in [0, 0.05) is 24.1 Å². The van der Waals surface area contributed by atoms with Gasteiger partial charge in [-0.2, -0.15) is 0 Å². The maximum Gasteiger partial charge on any atom is 0.226 e. The Balaban J connectivity index is 1.50. The van der Waals surface area contributed by atoms with E-state index in [4.69, 9.17) is 9.15 Å². The zero-order valence-corrected chi connectivity index (χ0v) is 14.1. The second-order valence-corrected chi connectivity index (χ2v) is 5.60. The first-order valence-corrected chi connectivity index (χ1v) is 8.14. The number of rotatable bonds is 7. The van der Waals surface area contributed by atoms with Gasteiger partial charge in [0.2, 0.25) is 11.8 Å². The second-order valence-electron chi connectivity index (χ2n) is 5.60. The first kappa shape index (κ1) is 16.8. The average Bonchev–Trinajstić information content (AvgIpc) is 3.12. The molecule has 0 saturated heterocycles. The van der Waals surface area contributed by atoms with Crippen LogP contribution in [0.15, 0.2) is 65.3 Å². The maximum atomic E-state index is 12.1. The predicted octanol–water partition coefficient (Wildman–Crippen LogP) is 3.25. The average molecular weight is 336 g/mol. The van der Waals surface area contributed by atoms with E-state index < -0.39 is 0 Å². The van der Waals surface area contributed by atoms with Crippen LogP contribution >= 0.6 is 0 Å². The van der Waals surface area contributed by atoms with Gasteiger partial charge in [-0.25, -0.2) is 4.98 Å². The number of oxazole rings is 1. The molecular formula is C20H20N2O3. The van der Waals surface area contributed by atoms with Crippen LogP contribution in [0.2, 0.25) is 0 Å². The standard InChI is InChI=1S/C20H20N2O3/c1-24-18-10-6-5-9-16(18)13-19(23)21-12-11-17-14-25-20(22-17)15-7-3-2-4-8-15/h2-10,14H,11-13H2,1H3,(H,21,23). The summed E-state index contributed by atoms with van der Waals surface area (Å²) in [5, 5.41) is 2.90. The minimum Gasteiger partial charge on any atom is -0.496 e. The number of para-hydroxylation sites is 1. The molecule has 1 N–H and O–H groups in total. The molecule has 0 radical (unpaired) electrons. The lowest BCUT2D eigenvalue weighted by Gasteiger charge is -2.08. The van der Waals surface area contributed by atoms with E-state index in [1.165, 1.54) is 0 Å². The molecule has 5 heteroatoms. The molecule has 1 amide bonds. The fourth-order valence-corrected chi connectivity index (χ4v) is 2.55. The van der Waals surface area contributed by atoms with Crippen molar-refractivity contribution >= 4 is 5.91 Å². The first-order chi connectivity index (χ1) is 12.3. The molecule has 0 aliphatic heterocycles. The molecule has 0 aliphatic rings. The largest absolute Gasteiger partial charge is 0.496 e. The Bertz CT molecular complexity index is 828. The summed E-state index contributed by atoms with van der Waals surface area (Å²) in [6, 6.07) is 17.3. The Morgan fingerprint density at radius 1 is 1.12 bits per heavy atom. The number of hydrogen-bond acceptors (Lipinski definition) is 4. The van der Waals surface area contributed by atoms with E-state index in [1.807, 2.05) is 54.6 Å². The minimum absolute atomic E-state index is 0.0451. The Kier molecular flexibility index (Phi) is 5.46. The molecule has 0 aliphatic carbocycles. The number of carbonyl (C=O) groups excluding carboxylic acids is 1. The van der Waals surface area contributed by atoms with Crippen molar-refractivity contribution in [2.75, 3.05) is 13.7 Å². The van der Waals surface area contributed by atoms with Crippen molar-refractivity contribution < 1.29 is 13.9 Å². The summed E-state index contributed by atoms with van der Waals surface area (Å²) in [6.45, 7) is 0.509. The number of nitrogens with one attached hydrogen (secondary N) is 1. The van der Waals surface area contributed by atoms with E-state index in [0.29, 0.717) is 18.9 Å². The van der Waals surface area contributed by atoms with Gasteiger partial charge in [-0.3, -0.25) is 4.79 Å². The van der Waals surface area contributed by atoms with Gasteiger partial charge in [0.15, 0.2) is 0 Å². The number of ether oxygens (including phenoxy) is 1. The van der Waals surface area contributed by atoms with E-state index in [2.05, 4.69) is 10.3 Å². The highest BCUT2D eigenvalue weighted by Gasteiger charge is 2.09. The summed E-state index contributed by atoms with van der Waals surface area (Å²) in [5.74, 6) is 1.27. The van der Waals surface area contributed by atoms with Gasteiger partial charge in [-0.15, -0.1) is 0 Å². The molecule has 1 aromatic heterocycles. The summed E-state index contributed by atoms with van der Waals surface area (Å²) in [6.07, 6.45) is 2.54. The lowest BCUT2D eigenvalue weighted by atomic mass is 10.1. The lowest BCUT2D eigenvalue weighted by Crippen LogP contribution is -2.27. The third kappa shape index (κ3) is 4.47. The zero-order valence-electron chi connectivity index (χ0n) is 14.1. The third-order valence-electron chi connectivity index (χ3n) is 3.82. The molecule has 25 heavy (non-hydrogen) atoms. The Labute approximate surface area is 146 Å². The molecule has 0 unspecified atom stereocenters. The highest BCUT2D eigenvalue weighted by Crippen LogP contribution is 2.18. The van der Waals surface area contributed by atoms with Crippen LogP contribution in [0.1, 0.15) is 11.3 Å². The van der Waals surface area contributed by atoms with E-state index in [9.17, 15) is 4.79 Å². The van der Waals surface area contributed by atoms with Crippen molar-refractivity contribution in [2.45, 2.75) is 12.8 Å². The summed E-state index contributed by atoms with van der Waals surface area (Å²) in [7, 11) is 1.60. The Morgan fingerprint density at radius 3 is 2.68 bits per heavy atom. The van der Waals surface area contributed by atoms with Gasteiger partial charge in [-0.05, 0) is 18.2 Å². The minimum atomic E-state index is -0.0451. The van der Waals surface area contributed by atoms with E-state index in [0.717, 1.165) is 22.6 Å². The molecule has 3 aromatic rings. The smallest absolute Gasteiger partial charge is 0.226 e. The normalized spacial score (nSPS) is 10.4. The summed E-state index contributed by atoms with van der Waals surface area (Å²) in [4.78, 5) is 16.5. The first-order valence-electron chi connectivity index (χ1n) is 8.14. The molecule has 5 nitrogen and oxygen atoms in total. The summed E-state index contributed by atoms with van der Waals surface area (Å²) in [5.41, 5.74) is 2.63. The SMILES string of the molecule is COc1ccccc1CC(=O)NCCc1coc(-c2ccccc2)n1. The van der Waals surface area contributed by atoms with Crippen LogP contribution in [-0.4, -0.2) is 24.5 Å². The third-order valence-corrected chi connectivity index (χ3v) is 3.82. The molecule has 128 valence electrons. The van der Waals surface area contributed by atoms with Gasteiger partial charge in [0.1, 0.15) is 12.0 Å². The number of hydrogen-bond donors (Lipinski definition) is 1. The topological polar surface area (TPSA) is 64.4 Å². The van der Waals surface area contributed by atoms with Gasteiger partial charge < -0.3 is 14.5 Å². The lowest BCUT2D eigenvalue weighted by molar-refractivity contribution is -0.120. The molecule has 0 fully saturated rings. The number of benzene rings is 2. The monoisotopic (exact) mass is 336 g/mol. The Hall–Kier alpha value is -3.08. The molecule has 1 heterocycles. The molecule has 0 atom stereocenters. The number of carbonyl (C=O) groups is 1. The van der Waals surface area contributed by atoms with Gasteiger partial charge in [-0.1, -0.05) is 36.4 Å². The van der Waals surface area contributed by atoms with Gasteiger partial charge in [0.25, 0.3) is 0 Å². The summed E-state index contributed by atoms with van der Waals surface area (Å²) >= 11 is 0. The molecule has 0 spiro atoms. The predicted molar refractivity (Wildman–Crippen MR) is 95.4 cm³/mol. The van der Waals surface area contributed by atoms with Crippen molar-refractivity contribution in [1.29, 1.82) is 0 Å². The highest BCUT2D eigenvalue weighted by molar-refractivity contribution is 5.79. The van der Waals surface area contributed by atoms with Crippen LogP contribution < -0.4 is 10.1 Å². The molecule has 0 saturated carbocycles. The molecule has 3 rings (SSSR count). The molecule has 2 aromatic carbocycles. The number of methoxy groups -OCH3 is 1. The molecule has 0 bridgehead atoms. The Morgan fingerprint density at radius 2 is 1.88 bits per heavy atom. The number of aromatic nitrogens is 1. The van der Waals surface area contributed by atoms with E-state index in [-0.39, 0.29) is 12.3 Å². The molecular weight excluding hydrogens is 316 g/mol. The summed E-state index contributed by atoms with van der Waals surface area (Å²) < 4.78 is 10.8. The number of nitrogens with zero attached hydrogens (tertiary/aromatic N) is 1.